The Morgan fingerprint density at radius 3 is 2.52 bits per heavy atom. The Balaban J connectivity index is 3.47. The molecule has 0 spiro atoms. The minimum absolute atomic E-state index is 0.0944. The number of Topliss-reactive ketones (excluding diaryl/α,β-unsaturated/α-hetero) is 1. The Morgan fingerprint density at radius 2 is 2.05 bits per heavy atom. The van der Waals surface area contributed by atoms with Crippen LogP contribution in [0.1, 0.15) is 34.1 Å². The number of halogens is 2. The van der Waals surface area contributed by atoms with Crippen LogP contribution in [0.2, 0.25) is 0 Å². The number of aliphatic hydroxyl groups excluding tert-OH is 1. The van der Waals surface area contributed by atoms with Crippen LogP contribution in [-0.4, -0.2) is 34.6 Å². The van der Waals surface area contributed by atoms with Crippen LogP contribution in [0.3, 0.4) is 0 Å². The van der Waals surface area contributed by atoms with Gasteiger partial charge in [0.1, 0.15) is 0 Å². The molecule has 1 unspecified atom stereocenters. The monoisotopic (exact) mass is 298 g/mol. The van der Waals surface area contributed by atoms with Crippen LogP contribution >= 0.6 is 0 Å². The molecule has 0 bridgehead atoms. The Morgan fingerprint density at radius 1 is 1.48 bits per heavy atom. The molecule has 0 aromatic carbocycles. The third-order valence-electron chi connectivity index (χ3n) is 3.89. The van der Waals surface area contributed by atoms with Crippen LogP contribution in [-0.2, 0) is 4.79 Å². The van der Waals surface area contributed by atoms with Crippen molar-refractivity contribution in [3.05, 3.63) is 22.8 Å². The van der Waals surface area contributed by atoms with Crippen LogP contribution in [0, 0.1) is 17.3 Å². The highest BCUT2D eigenvalue weighted by atomic mass is 19.3. The molecule has 0 saturated carbocycles. The summed E-state index contributed by atoms with van der Waals surface area (Å²) in [5, 5.41) is 19.6. The maximum atomic E-state index is 13.1. The van der Waals surface area contributed by atoms with Crippen LogP contribution in [0.4, 0.5) is 8.78 Å². The molecule has 0 aliphatic heterocycles. The van der Waals surface area contributed by atoms with Crippen molar-refractivity contribution >= 4 is 5.78 Å². The number of rotatable bonds is 2. The van der Waals surface area contributed by atoms with E-state index in [4.69, 9.17) is 5.11 Å². The molecule has 0 radical (unpaired) electrons. The summed E-state index contributed by atoms with van der Waals surface area (Å²) >= 11 is 0. The summed E-state index contributed by atoms with van der Waals surface area (Å²) in [4.78, 5) is 11.8. The van der Waals surface area contributed by atoms with E-state index in [0.29, 0.717) is 5.57 Å². The number of hydrogen-bond acceptors (Lipinski definition) is 3. The zero-order valence-corrected chi connectivity index (χ0v) is 12.6. The number of hydrogen-bond donors (Lipinski definition) is 2. The maximum Gasteiger partial charge on any atom is 0.267 e. The van der Waals surface area contributed by atoms with Gasteiger partial charge in [-0.05, 0) is 31.1 Å². The highest BCUT2D eigenvalue weighted by molar-refractivity contribution is 5.99. The molecule has 2 N–H and O–H groups in total. The lowest BCUT2D eigenvalue weighted by atomic mass is 9.63. The van der Waals surface area contributed by atoms with Crippen molar-refractivity contribution in [1.82, 2.24) is 0 Å². The van der Waals surface area contributed by atoms with E-state index >= 15 is 0 Å². The smallest absolute Gasteiger partial charge is 0.267 e. The zero-order valence-electron chi connectivity index (χ0n) is 12.6. The molecular weight excluding hydrogens is 278 g/mol. The number of ketones is 1. The van der Waals surface area contributed by atoms with Gasteiger partial charge in [-0.25, -0.2) is 8.78 Å². The summed E-state index contributed by atoms with van der Waals surface area (Å²) in [6.07, 6.45) is -1.68. The van der Waals surface area contributed by atoms with Gasteiger partial charge in [-0.1, -0.05) is 25.7 Å². The molecule has 0 saturated heterocycles. The molecule has 5 heteroatoms. The maximum absolute atomic E-state index is 13.1. The summed E-state index contributed by atoms with van der Waals surface area (Å²) in [6.45, 7) is 6.01. The lowest BCUT2D eigenvalue weighted by Crippen LogP contribution is -2.50. The zero-order chi connectivity index (χ0) is 16.4. The van der Waals surface area contributed by atoms with Gasteiger partial charge in [0.25, 0.3) is 6.43 Å². The fourth-order valence-corrected chi connectivity index (χ4v) is 2.46. The summed E-state index contributed by atoms with van der Waals surface area (Å²) < 4.78 is 26.1. The molecule has 0 heterocycles. The van der Waals surface area contributed by atoms with Crippen LogP contribution in [0.15, 0.2) is 22.8 Å². The van der Waals surface area contributed by atoms with Crippen molar-refractivity contribution in [2.24, 2.45) is 5.41 Å². The molecule has 1 atom stereocenters. The molecule has 0 amide bonds. The molecule has 1 aliphatic rings. The van der Waals surface area contributed by atoms with Gasteiger partial charge in [0.15, 0.2) is 11.4 Å². The summed E-state index contributed by atoms with van der Waals surface area (Å²) in [7, 11) is 0. The van der Waals surface area contributed by atoms with E-state index in [-0.39, 0.29) is 18.6 Å². The van der Waals surface area contributed by atoms with E-state index in [1.54, 1.807) is 20.8 Å². The fraction of sp³-hybridized carbons (Fsp3) is 0.562. The van der Waals surface area contributed by atoms with Gasteiger partial charge < -0.3 is 10.2 Å². The summed E-state index contributed by atoms with van der Waals surface area (Å²) in [6, 6.07) is 0. The second kappa shape index (κ2) is 6.08. The second-order valence-corrected chi connectivity index (χ2v) is 5.85. The minimum atomic E-state index is -2.93. The lowest BCUT2D eigenvalue weighted by Gasteiger charge is -2.43. The van der Waals surface area contributed by atoms with E-state index in [2.05, 4.69) is 11.8 Å². The van der Waals surface area contributed by atoms with Crippen molar-refractivity contribution in [3.63, 3.8) is 0 Å². The minimum Gasteiger partial charge on any atom is -0.392 e. The van der Waals surface area contributed by atoms with Crippen LogP contribution < -0.4 is 0 Å². The normalized spacial score (nSPS) is 26.0. The highest BCUT2D eigenvalue weighted by Gasteiger charge is 2.51. The largest absolute Gasteiger partial charge is 0.392 e. The molecule has 3 nitrogen and oxygen atoms in total. The Labute approximate surface area is 123 Å². The number of carbonyl (C=O) groups excluding carboxylic acids is 1. The third-order valence-corrected chi connectivity index (χ3v) is 3.89. The number of carbonyl (C=O) groups is 1. The van der Waals surface area contributed by atoms with Crippen molar-refractivity contribution in [2.45, 2.75) is 46.1 Å². The van der Waals surface area contributed by atoms with Gasteiger partial charge in [-0.3, -0.25) is 4.79 Å². The average Bonchev–Trinajstić information content (AvgIpc) is 2.33. The van der Waals surface area contributed by atoms with E-state index in [1.165, 1.54) is 13.0 Å². The molecular formula is C16H20F2O3. The van der Waals surface area contributed by atoms with E-state index in [9.17, 15) is 18.7 Å². The molecule has 21 heavy (non-hydrogen) atoms. The number of aliphatic hydroxyl groups is 2. The van der Waals surface area contributed by atoms with Crippen molar-refractivity contribution < 1.29 is 23.8 Å². The Hall–Kier alpha value is -1.51. The van der Waals surface area contributed by atoms with Gasteiger partial charge in [-0.2, -0.15) is 0 Å². The summed E-state index contributed by atoms with van der Waals surface area (Å²) in [5.74, 6) is 4.62. The van der Waals surface area contributed by atoms with Crippen molar-refractivity contribution in [3.8, 4) is 11.8 Å². The predicted octanol–water partition coefficient (Wildman–Crippen LogP) is 2.24. The topological polar surface area (TPSA) is 57.5 Å². The molecule has 116 valence electrons. The number of allylic oxidation sites excluding steroid dienone is 2. The van der Waals surface area contributed by atoms with Crippen molar-refractivity contribution in [2.75, 3.05) is 6.61 Å². The Kier molecular flexibility index (Phi) is 5.08. The van der Waals surface area contributed by atoms with Gasteiger partial charge >= 0.3 is 0 Å². The Bertz CT molecular complexity index is 562. The summed E-state index contributed by atoms with van der Waals surface area (Å²) in [5.41, 5.74) is -3.00. The second-order valence-electron chi connectivity index (χ2n) is 5.85. The lowest BCUT2D eigenvalue weighted by molar-refractivity contribution is -0.124. The van der Waals surface area contributed by atoms with Gasteiger partial charge in [0.05, 0.1) is 12.2 Å². The third kappa shape index (κ3) is 3.22. The number of alkyl halides is 2. The first kappa shape index (κ1) is 17.5. The van der Waals surface area contributed by atoms with Crippen LogP contribution in [0.25, 0.3) is 0 Å². The predicted molar refractivity (Wildman–Crippen MR) is 75.7 cm³/mol. The molecule has 0 aromatic rings. The van der Waals surface area contributed by atoms with Gasteiger partial charge in [-0.15, -0.1) is 0 Å². The van der Waals surface area contributed by atoms with E-state index in [0.717, 1.165) is 0 Å². The molecule has 1 rings (SSSR count). The quantitative estimate of drug-likeness (QED) is 0.769. The highest BCUT2D eigenvalue weighted by Crippen LogP contribution is 2.46. The molecule has 0 fully saturated rings. The molecule has 1 aliphatic carbocycles. The SMILES string of the molecule is CC1=C(C(F)F)C(=O)CC(C)(C)C1(O)C#C/C(C)=C\CO. The fourth-order valence-electron chi connectivity index (χ4n) is 2.46. The van der Waals surface area contributed by atoms with Gasteiger partial charge in [0.2, 0.25) is 0 Å². The molecule has 0 aromatic heterocycles. The first-order chi connectivity index (χ1) is 9.56. The van der Waals surface area contributed by atoms with E-state index in [1.807, 2.05) is 0 Å². The first-order valence-corrected chi connectivity index (χ1v) is 6.62. The average molecular weight is 298 g/mol. The standard InChI is InChI=1S/C16H20F2O3/c1-10(6-8-19)5-7-16(21)11(2)13(14(17)18)12(20)9-15(16,3)4/h6,14,19,21H,8-9H2,1-4H3/b10-6-. The van der Waals surface area contributed by atoms with Gasteiger partial charge in [0, 0.05) is 11.8 Å². The first-order valence-electron chi connectivity index (χ1n) is 6.62. The van der Waals surface area contributed by atoms with Crippen LogP contribution in [0.5, 0.6) is 0 Å². The van der Waals surface area contributed by atoms with Crippen molar-refractivity contribution in [1.29, 1.82) is 0 Å². The van der Waals surface area contributed by atoms with E-state index < -0.39 is 28.8 Å².